The van der Waals surface area contributed by atoms with Gasteiger partial charge in [-0.25, -0.2) is 0 Å². The number of aliphatic carboxylic acids is 1. The summed E-state index contributed by atoms with van der Waals surface area (Å²) < 4.78 is 0. The van der Waals surface area contributed by atoms with E-state index >= 15 is 0 Å². The minimum Gasteiger partial charge on any atom is -0.481 e. The lowest BCUT2D eigenvalue weighted by Gasteiger charge is -1.98. The van der Waals surface area contributed by atoms with Crippen molar-refractivity contribution in [2.45, 2.75) is 84.0 Å². The molecule has 0 bridgehead atoms. The molecule has 0 amide bonds. The Morgan fingerprint density at radius 3 is 1.86 bits per heavy atom. The van der Waals surface area contributed by atoms with Crippen molar-refractivity contribution in [2.24, 2.45) is 5.73 Å². The molecule has 0 saturated carbocycles. The van der Waals surface area contributed by atoms with Crippen LogP contribution in [0.5, 0.6) is 0 Å². The third kappa shape index (κ3) is 24.0. The predicted molar refractivity (Wildman–Crippen MR) is 97.1 cm³/mol. The molecular formula is C19H37NO2. The Bertz CT molecular complexity index is 273. The number of hydrogen-bond acceptors (Lipinski definition) is 2. The van der Waals surface area contributed by atoms with E-state index in [-0.39, 0.29) is 0 Å². The van der Waals surface area contributed by atoms with Crippen LogP contribution in [0.25, 0.3) is 0 Å². The van der Waals surface area contributed by atoms with E-state index in [4.69, 9.17) is 5.11 Å². The van der Waals surface area contributed by atoms with E-state index in [1.54, 1.807) is 0 Å². The quantitative estimate of drug-likeness (QED) is 0.331. The van der Waals surface area contributed by atoms with Gasteiger partial charge in [0.05, 0.1) is 0 Å². The molecule has 0 spiro atoms. The molecule has 0 rings (SSSR count). The maximum absolute atomic E-state index is 10.3. The number of nitrogens with two attached hydrogens (primary N) is 1. The van der Waals surface area contributed by atoms with E-state index in [1.807, 2.05) is 0 Å². The van der Waals surface area contributed by atoms with E-state index < -0.39 is 5.97 Å². The fourth-order valence-corrected chi connectivity index (χ4v) is 2.09. The van der Waals surface area contributed by atoms with Crippen molar-refractivity contribution in [1.29, 1.82) is 0 Å². The first-order valence-corrected chi connectivity index (χ1v) is 8.87. The Hall–Kier alpha value is -1.09. The number of rotatable bonds is 14. The van der Waals surface area contributed by atoms with Gasteiger partial charge in [-0.1, -0.05) is 63.3 Å². The highest BCUT2D eigenvalue weighted by Crippen LogP contribution is 2.08. The average molecular weight is 312 g/mol. The van der Waals surface area contributed by atoms with E-state index in [1.165, 1.54) is 52.0 Å². The molecule has 0 aliphatic heterocycles. The summed E-state index contributed by atoms with van der Waals surface area (Å²) in [5.74, 6) is -0.671. The Morgan fingerprint density at radius 1 is 0.818 bits per heavy atom. The third-order valence-corrected chi connectivity index (χ3v) is 3.34. The van der Waals surface area contributed by atoms with Crippen LogP contribution in [0, 0.1) is 0 Å². The van der Waals surface area contributed by atoms with E-state index in [0.717, 1.165) is 25.7 Å². The lowest BCUT2D eigenvalue weighted by molar-refractivity contribution is -0.137. The Morgan fingerprint density at radius 2 is 1.32 bits per heavy atom. The van der Waals surface area contributed by atoms with Crippen LogP contribution >= 0.6 is 0 Å². The van der Waals surface area contributed by atoms with Crippen molar-refractivity contribution in [2.75, 3.05) is 7.05 Å². The Labute approximate surface area is 137 Å². The first-order chi connectivity index (χ1) is 10.8. The van der Waals surface area contributed by atoms with Crippen LogP contribution in [-0.4, -0.2) is 18.1 Å². The summed E-state index contributed by atoms with van der Waals surface area (Å²) in [7, 11) is 1.50. The van der Waals surface area contributed by atoms with Gasteiger partial charge in [0.1, 0.15) is 0 Å². The first kappa shape index (κ1) is 23.2. The van der Waals surface area contributed by atoms with Crippen molar-refractivity contribution < 1.29 is 9.90 Å². The molecule has 3 N–H and O–H groups in total. The van der Waals surface area contributed by atoms with Gasteiger partial charge in [-0.2, -0.15) is 0 Å². The minimum atomic E-state index is -0.671. The van der Waals surface area contributed by atoms with Gasteiger partial charge in [-0.3, -0.25) is 4.79 Å². The van der Waals surface area contributed by atoms with Crippen molar-refractivity contribution in [3.05, 3.63) is 24.3 Å². The molecule has 0 aromatic carbocycles. The van der Waals surface area contributed by atoms with Crippen LogP contribution in [0.2, 0.25) is 0 Å². The maximum Gasteiger partial charge on any atom is 0.303 e. The van der Waals surface area contributed by atoms with Crippen LogP contribution in [0.3, 0.4) is 0 Å². The third-order valence-electron chi connectivity index (χ3n) is 3.34. The summed E-state index contributed by atoms with van der Waals surface area (Å²) >= 11 is 0. The van der Waals surface area contributed by atoms with Gasteiger partial charge in [0.25, 0.3) is 0 Å². The topological polar surface area (TPSA) is 63.3 Å². The van der Waals surface area contributed by atoms with Crippen LogP contribution < -0.4 is 5.73 Å². The fourth-order valence-electron chi connectivity index (χ4n) is 2.09. The van der Waals surface area contributed by atoms with Crippen LogP contribution in [-0.2, 0) is 4.79 Å². The number of carbonyl (C=O) groups is 1. The van der Waals surface area contributed by atoms with E-state index in [0.29, 0.717) is 6.42 Å². The molecule has 0 aliphatic rings. The van der Waals surface area contributed by atoms with Gasteiger partial charge in [-0.15, -0.1) is 0 Å². The zero-order valence-corrected chi connectivity index (χ0v) is 14.7. The van der Waals surface area contributed by atoms with Gasteiger partial charge < -0.3 is 10.8 Å². The Balaban J connectivity index is 0. The molecule has 22 heavy (non-hydrogen) atoms. The van der Waals surface area contributed by atoms with Gasteiger partial charge in [0.15, 0.2) is 0 Å². The highest BCUT2D eigenvalue weighted by molar-refractivity contribution is 5.66. The Kier molecular flexibility index (Phi) is 23.4. The molecule has 0 aliphatic carbocycles. The fraction of sp³-hybridized carbons (Fsp3) is 0.737. The molecule has 0 saturated heterocycles. The molecule has 0 unspecified atom stereocenters. The lowest BCUT2D eigenvalue weighted by atomic mass is 10.1. The lowest BCUT2D eigenvalue weighted by Crippen LogP contribution is -1.93. The molecular weight excluding hydrogens is 274 g/mol. The van der Waals surface area contributed by atoms with Gasteiger partial charge >= 0.3 is 5.97 Å². The normalized spacial score (nSPS) is 10.9. The minimum absolute atomic E-state index is 0.324. The number of carboxylic acid groups (broad SMARTS) is 1. The standard InChI is InChI=1S/C18H32O2.CH5N/c1-2-3-4-5-6-7-8-9-10-11-12-13-14-15-16-17-18(19)20;1-2/h6-7,9-10H,2-5,8,11-17H2,1H3,(H,19,20);2H2,1H3/b7-6-,10-9-;. The molecule has 130 valence electrons. The molecule has 3 nitrogen and oxygen atoms in total. The molecule has 0 atom stereocenters. The summed E-state index contributed by atoms with van der Waals surface area (Å²) in [5, 5.41) is 8.50. The SMILES string of the molecule is CCCCC/C=C\C/C=C\CCCCCCCC(=O)O.CN. The second-order valence-electron chi connectivity index (χ2n) is 5.37. The van der Waals surface area contributed by atoms with Gasteiger partial charge in [0, 0.05) is 6.42 Å². The largest absolute Gasteiger partial charge is 0.481 e. The van der Waals surface area contributed by atoms with E-state index in [2.05, 4.69) is 37.0 Å². The van der Waals surface area contributed by atoms with E-state index in [9.17, 15) is 4.79 Å². The average Bonchev–Trinajstić information content (AvgIpc) is 2.53. The van der Waals surface area contributed by atoms with Crippen LogP contribution in [0.1, 0.15) is 84.0 Å². The smallest absolute Gasteiger partial charge is 0.303 e. The number of carboxylic acids is 1. The van der Waals surface area contributed by atoms with Crippen LogP contribution in [0.15, 0.2) is 24.3 Å². The maximum atomic E-state index is 10.3. The summed E-state index contributed by atoms with van der Waals surface area (Å²) in [6.45, 7) is 2.23. The zero-order valence-electron chi connectivity index (χ0n) is 14.7. The summed E-state index contributed by atoms with van der Waals surface area (Å²) in [4.78, 5) is 10.3. The number of hydrogen-bond donors (Lipinski definition) is 2. The second kappa shape index (κ2) is 22.2. The summed E-state index contributed by atoms with van der Waals surface area (Å²) in [6.07, 6.45) is 22.3. The summed E-state index contributed by atoms with van der Waals surface area (Å²) in [6, 6.07) is 0. The van der Waals surface area contributed by atoms with Crippen molar-refractivity contribution in [3.63, 3.8) is 0 Å². The monoisotopic (exact) mass is 311 g/mol. The zero-order chi connectivity index (χ0) is 16.9. The highest BCUT2D eigenvalue weighted by Gasteiger charge is 1.95. The van der Waals surface area contributed by atoms with Crippen molar-refractivity contribution in [1.82, 2.24) is 0 Å². The molecule has 0 radical (unpaired) electrons. The number of allylic oxidation sites excluding steroid dienone is 4. The second-order valence-corrected chi connectivity index (χ2v) is 5.37. The number of unbranched alkanes of at least 4 members (excludes halogenated alkanes) is 8. The van der Waals surface area contributed by atoms with Crippen molar-refractivity contribution >= 4 is 5.97 Å². The molecule has 0 heterocycles. The highest BCUT2D eigenvalue weighted by atomic mass is 16.4. The molecule has 3 heteroatoms. The van der Waals surface area contributed by atoms with Gasteiger partial charge in [0.2, 0.25) is 0 Å². The molecule has 0 fully saturated rings. The van der Waals surface area contributed by atoms with Crippen molar-refractivity contribution in [3.8, 4) is 0 Å². The van der Waals surface area contributed by atoms with Crippen LogP contribution in [0.4, 0.5) is 0 Å². The predicted octanol–water partition coefficient (Wildman–Crippen LogP) is 5.46. The summed E-state index contributed by atoms with van der Waals surface area (Å²) in [5.41, 5.74) is 4.50. The van der Waals surface area contributed by atoms with Gasteiger partial charge in [-0.05, 0) is 45.6 Å². The molecule has 0 aromatic rings. The molecule has 0 aromatic heterocycles. The first-order valence-electron chi connectivity index (χ1n) is 8.87.